The Morgan fingerprint density at radius 3 is 2.80 bits per heavy atom. The van der Waals surface area contributed by atoms with Gasteiger partial charge in [-0.3, -0.25) is 9.78 Å². The summed E-state index contributed by atoms with van der Waals surface area (Å²) < 4.78 is 0. The highest BCUT2D eigenvalue weighted by atomic mass is 32.1. The third-order valence-electron chi connectivity index (χ3n) is 5.44. The molecule has 0 spiro atoms. The number of H-pyrrole nitrogens is 1. The number of hydrogen-bond donors (Lipinski definition) is 1. The second-order valence-electron chi connectivity index (χ2n) is 8.63. The third-order valence-corrected chi connectivity index (χ3v) is 6.86. The predicted octanol–water partition coefficient (Wildman–Crippen LogP) is 4.50. The van der Waals surface area contributed by atoms with Crippen LogP contribution in [0.15, 0.2) is 48.9 Å². The third kappa shape index (κ3) is 3.19. The Labute approximate surface area is 179 Å². The number of imidazole rings is 1. The van der Waals surface area contributed by atoms with Gasteiger partial charge in [0.05, 0.1) is 34.4 Å². The lowest BCUT2D eigenvalue weighted by Crippen LogP contribution is -2.40. The molecule has 1 atom stereocenters. The zero-order valence-electron chi connectivity index (χ0n) is 17.2. The van der Waals surface area contributed by atoms with E-state index in [2.05, 4.69) is 41.8 Å². The van der Waals surface area contributed by atoms with Crippen LogP contribution < -0.4 is 0 Å². The maximum Gasteiger partial charge on any atom is 0.266 e. The Morgan fingerprint density at radius 1 is 1.17 bits per heavy atom. The molecule has 0 unspecified atom stereocenters. The van der Waals surface area contributed by atoms with Crippen molar-refractivity contribution in [2.45, 2.75) is 38.6 Å². The molecule has 1 N–H and O–H groups in total. The van der Waals surface area contributed by atoms with Crippen molar-refractivity contribution >= 4 is 28.1 Å². The molecule has 0 saturated heterocycles. The van der Waals surface area contributed by atoms with Gasteiger partial charge in [0.2, 0.25) is 0 Å². The largest absolute Gasteiger partial charge is 0.348 e. The Bertz CT molecular complexity index is 1240. The molecule has 3 aromatic heterocycles. The second kappa shape index (κ2) is 7.02. The predicted molar refractivity (Wildman–Crippen MR) is 118 cm³/mol. The Morgan fingerprint density at radius 2 is 2.00 bits per heavy atom. The molecule has 1 amide bonds. The highest BCUT2D eigenvalue weighted by Crippen LogP contribution is 2.36. The van der Waals surface area contributed by atoms with Crippen molar-refractivity contribution in [2.24, 2.45) is 0 Å². The van der Waals surface area contributed by atoms with Gasteiger partial charge in [0, 0.05) is 29.5 Å². The molecule has 0 radical (unpaired) electrons. The van der Waals surface area contributed by atoms with Crippen LogP contribution in [0.4, 0.5) is 0 Å². The molecule has 0 fully saturated rings. The summed E-state index contributed by atoms with van der Waals surface area (Å²) in [5, 5.41) is 2.04. The molecule has 152 valence electrons. The molecule has 1 aliphatic heterocycles. The van der Waals surface area contributed by atoms with Crippen molar-refractivity contribution in [3.63, 3.8) is 0 Å². The van der Waals surface area contributed by atoms with Gasteiger partial charge in [0.15, 0.2) is 0 Å². The number of hydrogen-bond acceptors (Lipinski definition) is 5. The van der Waals surface area contributed by atoms with Crippen LogP contribution >= 0.6 is 11.3 Å². The molecule has 4 heterocycles. The minimum atomic E-state index is -0.322. The molecular formula is C23H23N5OS. The summed E-state index contributed by atoms with van der Waals surface area (Å²) in [6.07, 6.45) is 4.16. The number of para-hydroxylation sites is 1. The average Bonchev–Trinajstić information content (AvgIpc) is 3.41. The normalized spacial score (nSPS) is 16.6. The Hall–Kier alpha value is -3.06. The summed E-state index contributed by atoms with van der Waals surface area (Å²) >= 11 is 1.47. The molecule has 30 heavy (non-hydrogen) atoms. The van der Waals surface area contributed by atoms with Gasteiger partial charge in [0.1, 0.15) is 10.9 Å². The number of pyridine rings is 1. The molecular weight excluding hydrogens is 394 g/mol. The zero-order chi connectivity index (χ0) is 20.9. The van der Waals surface area contributed by atoms with Gasteiger partial charge in [-0.1, -0.05) is 45.0 Å². The fraction of sp³-hybridized carbons (Fsp3) is 0.304. The lowest BCUT2D eigenvalue weighted by molar-refractivity contribution is 0.0692. The smallest absolute Gasteiger partial charge is 0.266 e. The fourth-order valence-corrected chi connectivity index (χ4v) is 4.82. The number of thiazole rings is 1. The van der Waals surface area contributed by atoms with Crippen LogP contribution in [-0.4, -0.2) is 37.3 Å². The topological polar surface area (TPSA) is 74.8 Å². The van der Waals surface area contributed by atoms with E-state index in [0.29, 0.717) is 11.4 Å². The number of aromatic nitrogens is 4. The summed E-state index contributed by atoms with van der Waals surface area (Å²) in [6.45, 7) is 6.94. The van der Waals surface area contributed by atoms with Crippen molar-refractivity contribution in [3.05, 3.63) is 75.9 Å². The maximum atomic E-state index is 13.5. The van der Waals surface area contributed by atoms with Crippen LogP contribution in [0.2, 0.25) is 0 Å². The van der Waals surface area contributed by atoms with Crippen LogP contribution in [0.25, 0.3) is 10.9 Å². The van der Waals surface area contributed by atoms with Crippen molar-refractivity contribution in [3.8, 4) is 0 Å². The molecule has 1 aromatic carbocycles. The lowest BCUT2D eigenvalue weighted by Gasteiger charge is -2.34. The van der Waals surface area contributed by atoms with Gasteiger partial charge in [-0.15, -0.1) is 11.3 Å². The summed E-state index contributed by atoms with van der Waals surface area (Å²) in [5.74, 6) is -0.0170. The van der Waals surface area contributed by atoms with E-state index in [0.717, 1.165) is 39.4 Å². The van der Waals surface area contributed by atoms with E-state index in [-0.39, 0.29) is 17.4 Å². The van der Waals surface area contributed by atoms with Crippen molar-refractivity contribution in [2.75, 3.05) is 6.54 Å². The number of aromatic amines is 1. The van der Waals surface area contributed by atoms with E-state index in [1.54, 1.807) is 12.5 Å². The quantitative estimate of drug-likeness (QED) is 0.521. The van der Waals surface area contributed by atoms with Gasteiger partial charge in [-0.05, 0) is 12.1 Å². The highest BCUT2D eigenvalue weighted by molar-refractivity contribution is 7.13. The minimum absolute atomic E-state index is 0.0170. The van der Waals surface area contributed by atoms with Crippen LogP contribution in [0.3, 0.4) is 0 Å². The molecule has 7 heteroatoms. The van der Waals surface area contributed by atoms with Gasteiger partial charge in [-0.25, -0.2) is 9.97 Å². The number of nitrogens with zero attached hydrogens (tertiary/aromatic N) is 4. The lowest BCUT2D eigenvalue weighted by atomic mass is 9.98. The van der Waals surface area contributed by atoms with Crippen LogP contribution in [0.5, 0.6) is 0 Å². The summed E-state index contributed by atoms with van der Waals surface area (Å²) in [5.41, 5.74) is 3.60. The van der Waals surface area contributed by atoms with E-state index in [9.17, 15) is 4.79 Å². The number of rotatable bonds is 2. The van der Waals surface area contributed by atoms with E-state index in [1.165, 1.54) is 11.3 Å². The van der Waals surface area contributed by atoms with E-state index in [1.807, 2.05) is 35.2 Å². The SMILES string of the molecule is CC(C)(C)c1ncc(C(=O)N2CCc3[nH]cnc3[C@H]2c2ccc3ccccc3n2)s1. The number of carbonyl (C=O) groups excluding carboxylic acids is 1. The first kappa shape index (κ1) is 18.9. The Balaban J connectivity index is 1.58. The molecule has 0 aliphatic carbocycles. The minimum Gasteiger partial charge on any atom is -0.348 e. The van der Waals surface area contributed by atoms with Crippen molar-refractivity contribution < 1.29 is 4.79 Å². The van der Waals surface area contributed by atoms with Crippen LogP contribution in [0, 0.1) is 0 Å². The van der Waals surface area contributed by atoms with Crippen LogP contribution in [0.1, 0.15) is 58.6 Å². The second-order valence-corrected chi connectivity index (χ2v) is 9.66. The van der Waals surface area contributed by atoms with Crippen molar-refractivity contribution in [1.29, 1.82) is 0 Å². The number of amides is 1. The first-order valence-electron chi connectivity index (χ1n) is 10.1. The number of fused-ring (bicyclic) bond motifs is 2. The summed E-state index contributed by atoms with van der Waals surface area (Å²) in [7, 11) is 0. The number of benzene rings is 1. The van der Waals surface area contributed by atoms with E-state index in [4.69, 9.17) is 4.98 Å². The molecule has 4 aromatic rings. The van der Waals surface area contributed by atoms with Gasteiger partial charge in [0.25, 0.3) is 5.91 Å². The molecule has 5 rings (SSSR count). The molecule has 0 bridgehead atoms. The first-order chi connectivity index (χ1) is 14.4. The van der Waals surface area contributed by atoms with Crippen molar-refractivity contribution in [1.82, 2.24) is 24.8 Å². The monoisotopic (exact) mass is 417 g/mol. The summed E-state index contributed by atoms with van der Waals surface area (Å²) in [4.78, 5) is 33.3. The average molecular weight is 418 g/mol. The molecule has 1 aliphatic rings. The zero-order valence-corrected chi connectivity index (χ0v) is 18.0. The van der Waals surface area contributed by atoms with Gasteiger partial charge >= 0.3 is 0 Å². The molecule has 0 saturated carbocycles. The first-order valence-corrected chi connectivity index (χ1v) is 10.9. The highest BCUT2D eigenvalue weighted by Gasteiger charge is 2.36. The Kier molecular flexibility index (Phi) is 4.43. The fourth-order valence-electron chi connectivity index (χ4n) is 3.89. The van der Waals surface area contributed by atoms with Crippen LogP contribution in [-0.2, 0) is 11.8 Å². The van der Waals surface area contributed by atoms with Gasteiger partial charge in [-0.2, -0.15) is 0 Å². The number of carbonyl (C=O) groups is 1. The van der Waals surface area contributed by atoms with E-state index >= 15 is 0 Å². The maximum absolute atomic E-state index is 13.5. The molecule has 6 nitrogen and oxygen atoms in total. The van der Waals surface area contributed by atoms with E-state index < -0.39 is 0 Å². The number of nitrogens with one attached hydrogen (secondary N) is 1. The standard InChI is InChI=1S/C23H23N5OS/c1-23(2,3)22-24-12-18(30-22)21(29)28-11-10-16-19(26-13-25-16)20(28)17-9-8-14-6-4-5-7-15(14)27-17/h4-9,12-13,20H,10-11H2,1-3H3,(H,25,26)/t20-/m1/s1. The van der Waals surface area contributed by atoms with Gasteiger partial charge < -0.3 is 9.88 Å². The summed E-state index contributed by atoms with van der Waals surface area (Å²) in [6, 6.07) is 11.8.